The maximum atomic E-state index is 12.4. The second-order valence-electron chi connectivity index (χ2n) is 5.77. The van der Waals surface area contributed by atoms with Gasteiger partial charge in [-0.2, -0.15) is 0 Å². The predicted molar refractivity (Wildman–Crippen MR) is 88.7 cm³/mol. The Balaban J connectivity index is 1.70. The number of morpholine rings is 1. The SMILES string of the molecule is NC(=O)c1ccc2cc(C(=O)CCN3CCOCC3)ccc2c1. The molecule has 23 heavy (non-hydrogen) atoms. The molecule has 0 bridgehead atoms. The van der Waals surface area contributed by atoms with E-state index >= 15 is 0 Å². The first-order valence-electron chi connectivity index (χ1n) is 7.80. The number of rotatable bonds is 5. The Bertz CT molecular complexity index is 736. The summed E-state index contributed by atoms with van der Waals surface area (Å²) in [4.78, 5) is 25.8. The monoisotopic (exact) mass is 312 g/mol. The molecule has 0 unspecified atom stereocenters. The second-order valence-corrected chi connectivity index (χ2v) is 5.77. The van der Waals surface area contributed by atoms with Crippen LogP contribution in [0, 0.1) is 0 Å². The van der Waals surface area contributed by atoms with Gasteiger partial charge in [0.15, 0.2) is 5.78 Å². The molecule has 1 fully saturated rings. The van der Waals surface area contributed by atoms with E-state index in [1.54, 1.807) is 12.1 Å². The first-order valence-corrected chi connectivity index (χ1v) is 7.80. The highest BCUT2D eigenvalue weighted by Crippen LogP contribution is 2.19. The number of fused-ring (bicyclic) bond motifs is 1. The zero-order valence-electron chi connectivity index (χ0n) is 13.0. The maximum absolute atomic E-state index is 12.4. The number of Topliss-reactive ketones (excluding diaryl/α,β-unsaturated/α-hetero) is 1. The van der Waals surface area contributed by atoms with E-state index in [-0.39, 0.29) is 5.78 Å². The predicted octanol–water partition coefficient (Wildman–Crippen LogP) is 1.84. The first kappa shape index (κ1) is 15.6. The Labute approximate surface area is 135 Å². The lowest BCUT2D eigenvalue weighted by atomic mass is 10.0. The number of hydrogen-bond donors (Lipinski definition) is 1. The van der Waals surface area contributed by atoms with E-state index in [9.17, 15) is 9.59 Å². The lowest BCUT2D eigenvalue weighted by Gasteiger charge is -2.26. The minimum atomic E-state index is -0.447. The molecule has 120 valence electrons. The molecule has 0 aromatic heterocycles. The average molecular weight is 312 g/mol. The lowest BCUT2D eigenvalue weighted by molar-refractivity contribution is 0.0370. The number of primary amides is 1. The Kier molecular flexibility index (Phi) is 4.69. The first-order chi connectivity index (χ1) is 11.1. The summed E-state index contributed by atoms with van der Waals surface area (Å²) in [5.74, 6) is -0.310. The topological polar surface area (TPSA) is 72.6 Å². The number of nitrogens with two attached hydrogens (primary N) is 1. The number of ether oxygens (including phenoxy) is 1. The third-order valence-corrected chi connectivity index (χ3v) is 4.21. The number of benzene rings is 2. The Morgan fingerprint density at radius 1 is 1.00 bits per heavy atom. The lowest BCUT2D eigenvalue weighted by Crippen LogP contribution is -2.37. The largest absolute Gasteiger partial charge is 0.379 e. The number of carbonyl (C=O) groups is 2. The van der Waals surface area contributed by atoms with Gasteiger partial charge in [-0.25, -0.2) is 0 Å². The Hall–Kier alpha value is -2.24. The van der Waals surface area contributed by atoms with Gasteiger partial charge in [0, 0.05) is 37.2 Å². The standard InChI is InChI=1S/C18H20N2O3/c19-18(22)16-4-2-13-11-15(3-1-14(13)12-16)17(21)5-6-20-7-9-23-10-8-20/h1-4,11-12H,5-10H2,(H2,19,22). The van der Waals surface area contributed by atoms with Crippen LogP contribution < -0.4 is 5.73 Å². The van der Waals surface area contributed by atoms with Crippen molar-refractivity contribution < 1.29 is 14.3 Å². The molecule has 1 amide bonds. The van der Waals surface area contributed by atoms with Crippen molar-refractivity contribution in [3.05, 3.63) is 47.5 Å². The summed E-state index contributed by atoms with van der Waals surface area (Å²) in [6, 6.07) is 10.8. The molecule has 1 aliphatic rings. The molecule has 1 aliphatic heterocycles. The highest BCUT2D eigenvalue weighted by molar-refractivity contribution is 6.02. The van der Waals surface area contributed by atoms with Gasteiger partial charge in [-0.3, -0.25) is 14.5 Å². The molecule has 5 heteroatoms. The molecule has 5 nitrogen and oxygen atoms in total. The van der Waals surface area contributed by atoms with Crippen molar-refractivity contribution in [1.29, 1.82) is 0 Å². The average Bonchev–Trinajstić information content (AvgIpc) is 2.59. The highest BCUT2D eigenvalue weighted by atomic mass is 16.5. The molecule has 0 atom stereocenters. The van der Waals surface area contributed by atoms with Gasteiger partial charge in [0.05, 0.1) is 13.2 Å². The molecule has 1 heterocycles. The van der Waals surface area contributed by atoms with Crippen molar-refractivity contribution in [2.45, 2.75) is 6.42 Å². The minimum Gasteiger partial charge on any atom is -0.379 e. The smallest absolute Gasteiger partial charge is 0.248 e. The Morgan fingerprint density at radius 3 is 2.26 bits per heavy atom. The fraction of sp³-hybridized carbons (Fsp3) is 0.333. The van der Waals surface area contributed by atoms with Crippen LogP contribution in [0.2, 0.25) is 0 Å². The van der Waals surface area contributed by atoms with E-state index in [1.165, 1.54) is 0 Å². The van der Waals surface area contributed by atoms with Crippen LogP contribution in [0.15, 0.2) is 36.4 Å². The molecule has 2 aromatic rings. The summed E-state index contributed by atoms with van der Waals surface area (Å²) in [7, 11) is 0. The van der Waals surface area contributed by atoms with E-state index < -0.39 is 5.91 Å². The fourth-order valence-electron chi connectivity index (χ4n) is 2.80. The summed E-state index contributed by atoms with van der Waals surface area (Å²) in [6.45, 7) is 4.03. The van der Waals surface area contributed by atoms with Crippen molar-refractivity contribution in [2.24, 2.45) is 5.73 Å². The molecule has 0 aliphatic carbocycles. The van der Waals surface area contributed by atoms with Gasteiger partial charge in [0.1, 0.15) is 0 Å². The fourth-order valence-corrected chi connectivity index (χ4v) is 2.80. The summed E-state index contributed by atoms with van der Waals surface area (Å²) < 4.78 is 5.31. The number of nitrogens with zero attached hydrogens (tertiary/aromatic N) is 1. The van der Waals surface area contributed by atoms with E-state index in [2.05, 4.69) is 4.90 Å². The summed E-state index contributed by atoms with van der Waals surface area (Å²) in [5, 5.41) is 1.85. The van der Waals surface area contributed by atoms with Crippen LogP contribution in [0.3, 0.4) is 0 Å². The van der Waals surface area contributed by atoms with Gasteiger partial charge in [-0.1, -0.05) is 18.2 Å². The van der Waals surface area contributed by atoms with Crippen LogP contribution in [-0.2, 0) is 4.74 Å². The van der Waals surface area contributed by atoms with E-state index in [0.29, 0.717) is 17.5 Å². The molecule has 0 saturated carbocycles. The van der Waals surface area contributed by atoms with Gasteiger partial charge in [-0.15, -0.1) is 0 Å². The summed E-state index contributed by atoms with van der Waals surface area (Å²) >= 11 is 0. The van der Waals surface area contributed by atoms with Crippen LogP contribution in [0.25, 0.3) is 10.8 Å². The van der Waals surface area contributed by atoms with Crippen molar-refractivity contribution in [1.82, 2.24) is 4.90 Å². The molecular weight excluding hydrogens is 292 g/mol. The van der Waals surface area contributed by atoms with Crippen LogP contribution >= 0.6 is 0 Å². The molecular formula is C18H20N2O3. The van der Waals surface area contributed by atoms with Crippen LogP contribution in [0.1, 0.15) is 27.1 Å². The Morgan fingerprint density at radius 2 is 1.61 bits per heavy atom. The molecule has 3 rings (SSSR count). The van der Waals surface area contributed by atoms with E-state index in [1.807, 2.05) is 24.3 Å². The zero-order chi connectivity index (χ0) is 16.2. The van der Waals surface area contributed by atoms with Crippen molar-refractivity contribution in [3.63, 3.8) is 0 Å². The van der Waals surface area contributed by atoms with Crippen molar-refractivity contribution >= 4 is 22.5 Å². The highest BCUT2D eigenvalue weighted by Gasteiger charge is 2.13. The molecule has 2 N–H and O–H groups in total. The van der Waals surface area contributed by atoms with E-state index in [4.69, 9.17) is 10.5 Å². The maximum Gasteiger partial charge on any atom is 0.248 e. The van der Waals surface area contributed by atoms with Gasteiger partial charge >= 0.3 is 0 Å². The number of carbonyl (C=O) groups excluding carboxylic acids is 2. The molecule has 0 spiro atoms. The molecule has 0 radical (unpaired) electrons. The van der Waals surface area contributed by atoms with Gasteiger partial charge < -0.3 is 10.5 Å². The third-order valence-electron chi connectivity index (χ3n) is 4.21. The number of amides is 1. The van der Waals surface area contributed by atoms with Crippen LogP contribution in [-0.4, -0.2) is 49.4 Å². The minimum absolute atomic E-state index is 0.136. The molecule has 2 aromatic carbocycles. The van der Waals surface area contributed by atoms with Crippen LogP contribution in [0.5, 0.6) is 0 Å². The normalized spacial score (nSPS) is 15.7. The molecule has 1 saturated heterocycles. The van der Waals surface area contributed by atoms with Crippen molar-refractivity contribution in [3.8, 4) is 0 Å². The quantitative estimate of drug-likeness (QED) is 0.855. The van der Waals surface area contributed by atoms with E-state index in [0.717, 1.165) is 43.6 Å². The number of ketones is 1. The number of hydrogen-bond acceptors (Lipinski definition) is 4. The van der Waals surface area contributed by atoms with Crippen LogP contribution in [0.4, 0.5) is 0 Å². The summed E-state index contributed by atoms with van der Waals surface area (Å²) in [6.07, 6.45) is 0.505. The second kappa shape index (κ2) is 6.89. The summed E-state index contributed by atoms with van der Waals surface area (Å²) in [5.41, 5.74) is 6.47. The van der Waals surface area contributed by atoms with Gasteiger partial charge in [0.25, 0.3) is 0 Å². The van der Waals surface area contributed by atoms with Crippen molar-refractivity contribution in [2.75, 3.05) is 32.8 Å². The van der Waals surface area contributed by atoms with Gasteiger partial charge in [-0.05, 0) is 29.0 Å². The van der Waals surface area contributed by atoms with Gasteiger partial charge in [0.2, 0.25) is 5.91 Å². The third kappa shape index (κ3) is 3.75. The zero-order valence-corrected chi connectivity index (χ0v) is 13.0.